The Balaban J connectivity index is 2.03. The maximum Gasteiger partial charge on any atom is 0.266 e. The number of ketones is 1. The minimum atomic E-state index is -1.74. The van der Waals surface area contributed by atoms with Crippen LogP contribution in [-0.2, 0) is 28.5 Å². The van der Waals surface area contributed by atoms with Crippen molar-refractivity contribution in [2.45, 2.75) is 32.8 Å². The van der Waals surface area contributed by atoms with Crippen LogP contribution in [0.5, 0.6) is 34.5 Å². The van der Waals surface area contributed by atoms with Gasteiger partial charge in [0.1, 0.15) is 0 Å². The van der Waals surface area contributed by atoms with Gasteiger partial charge in [-0.25, -0.2) is 0 Å². The number of fused-ring (bicyclic) bond motifs is 3. The van der Waals surface area contributed by atoms with Crippen LogP contribution in [0.15, 0.2) is 0 Å². The lowest BCUT2D eigenvalue weighted by Crippen LogP contribution is -2.43. The van der Waals surface area contributed by atoms with Crippen molar-refractivity contribution in [1.29, 1.82) is 0 Å². The van der Waals surface area contributed by atoms with Crippen molar-refractivity contribution in [1.82, 2.24) is 0 Å². The molecule has 178 valence electrons. The van der Waals surface area contributed by atoms with Crippen LogP contribution in [0.25, 0.3) is 0 Å². The number of rotatable bonds is 6. The van der Waals surface area contributed by atoms with Crippen molar-refractivity contribution < 1.29 is 42.7 Å². The maximum atomic E-state index is 14.2. The van der Waals surface area contributed by atoms with Crippen molar-refractivity contribution >= 4 is 5.78 Å². The first-order chi connectivity index (χ1) is 15.9. The molecule has 1 spiro atoms. The first-order valence-electron chi connectivity index (χ1n) is 10.3. The molecule has 0 radical (unpaired) electrons. The summed E-state index contributed by atoms with van der Waals surface area (Å²) < 4.78 is 46.0. The van der Waals surface area contributed by atoms with Crippen LogP contribution < -0.4 is 28.4 Å². The molecule has 2 aromatic carbocycles. The number of methoxy groups -OCH3 is 6. The Bertz CT molecular complexity index is 1140. The topological polar surface area (TPSA) is 90.9 Å². The molecule has 0 unspecified atom stereocenters. The van der Waals surface area contributed by atoms with E-state index in [0.29, 0.717) is 45.4 Å². The number of hydrogen-bond acceptors (Lipinski definition) is 9. The summed E-state index contributed by atoms with van der Waals surface area (Å²) in [6.07, 6.45) is 0. The van der Waals surface area contributed by atoms with Gasteiger partial charge in [-0.15, -0.1) is 0 Å². The molecule has 0 saturated carbocycles. The third-order valence-corrected chi connectivity index (χ3v) is 6.39. The third-order valence-electron chi connectivity index (χ3n) is 6.39. The molecular weight excluding hydrogens is 432 g/mol. The fourth-order valence-corrected chi connectivity index (χ4v) is 4.84. The van der Waals surface area contributed by atoms with Crippen LogP contribution in [0, 0.1) is 13.8 Å². The monoisotopic (exact) mass is 460 g/mol. The van der Waals surface area contributed by atoms with Gasteiger partial charge in [0.15, 0.2) is 23.0 Å². The summed E-state index contributed by atoms with van der Waals surface area (Å²) in [5, 5.41) is 0. The number of carbonyl (C=O) groups is 1. The molecule has 4 rings (SSSR count). The summed E-state index contributed by atoms with van der Waals surface area (Å²) in [6.45, 7) is 3.94. The van der Waals surface area contributed by atoms with E-state index in [0.717, 1.165) is 16.7 Å². The number of carbonyl (C=O) groups excluding carboxylic acids is 1. The zero-order valence-electron chi connectivity index (χ0n) is 20.1. The van der Waals surface area contributed by atoms with E-state index in [-0.39, 0.29) is 19.0 Å². The zero-order valence-corrected chi connectivity index (χ0v) is 20.1. The van der Waals surface area contributed by atoms with Crippen LogP contribution in [0.3, 0.4) is 0 Å². The Labute approximate surface area is 192 Å². The van der Waals surface area contributed by atoms with Crippen molar-refractivity contribution in [3.05, 3.63) is 33.4 Å². The summed E-state index contributed by atoms with van der Waals surface area (Å²) in [5.41, 5.74) is 3.68. The van der Waals surface area contributed by atoms with Gasteiger partial charge < -0.3 is 37.9 Å². The molecular formula is C24H28O9. The van der Waals surface area contributed by atoms with Crippen LogP contribution >= 0.6 is 0 Å². The normalized spacial score (nSPS) is 18.6. The highest BCUT2D eigenvalue weighted by molar-refractivity contribution is 6.08. The van der Waals surface area contributed by atoms with Gasteiger partial charge >= 0.3 is 0 Å². The van der Waals surface area contributed by atoms with Gasteiger partial charge in [0, 0.05) is 11.1 Å². The Hall–Kier alpha value is -3.17. The highest BCUT2D eigenvalue weighted by Crippen LogP contribution is 2.57. The van der Waals surface area contributed by atoms with E-state index in [1.54, 1.807) is 7.11 Å². The van der Waals surface area contributed by atoms with Gasteiger partial charge in [-0.2, -0.15) is 0 Å². The van der Waals surface area contributed by atoms with Crippen LogP contribution in [0.1, 0.15) is 38.2 Å². The molecule has 2 aliphatic rings. The van der Waals surface area contributed by atoms with Gasteiger partial charge in [0.05, 0.1) is 67.0 Å². The number of hydrogen-bond donors (Lipinski definition) is 0. The molecule has 0 aliphatic carbocycles. The van der Waals surface area contributed by atoms with E-state index in [1.165, 1.54) is 35.5 Å². The molecule has 1 atom stereocenters. The Kier molecular flexibility index (Phi) is 5.79. The molecule has 9 nitrogen and oxygen atoms in total. The summed E-state index contributed by atoms with van der Waals surface area (Å²) in [5.74, 6) is 0.0982. The molecule has 2 heterocycles. The summed E-state index contributed by atoms with van der Waals surface area (Å²) in [6, 6.07) is 0. The Morgan fingerprint density at radius 1 is 0.606 bits per heavy atom. The Morgan fingerprint density at radius 2 is 1.03 bits per heavy atom. The van der Waals surface area contributed by atoms with Gasteiger partial charge in [0.25, 0.3) is 5.79 Å². The minimum Gasteiger partial charge on any atom is -0.492 e. The van der Waals surface area contributed by atoms with E-state index < -0.39 is 11.6 Å². The predicted molar refractivity (Wildman–Crippen MR) is 117 cm³/mol. The molecule has 0 bridgehead atoms. The SMILES string of the molecule is COc1c(C)c2c(c(OC)c1OC)C(=O)[C@]1(OC2)OCc2c(C)c(OC)c(OC)c(OC)c21. The van der Waals surface area contributed by atoms with Crippen LogP contribution in [-0.4, -0.2) is 48.4 Å². The van der Waals surface area contributed by atoms with E-state index in [9.17, 15) is 4.79 Å². The van der Waals surface area contributed by atoms with Gasteiger partial charge in [-0.1, -0.05) is 0 Å². The van der Waals surface area contributed by atoms with Crippen molar-refractivity contribution in [3.8, 4) is 34.5 Å². The van der Waals surface area contributed by atoms with Crippen molar-refractivity contribution in [2.24, 2.45) is 0 Å². The summed E-state index contributed by atoms with van der Waals surface area (Å²) >= 11 is 0. The average molecular weight is 460 g/mol. The van der Waals surface area contributed by atoms with E-state index in [4.69, 9.17) is 37.9 Å². The first-order valence-corrected chi connectivity index (χ1v) is 10.3. The van der Waals surface area contributed by atoms with Gasteiger partial charge in [0.2, 0.25) is 17.3 Å². The van der Waals surface area contributed by atoms with E-state index in [1.807, 2.05) is 13.8 Å². The molecule has 0 N–H and O–H groups in total. The van der Waals surface area contributed by atoms with Gasteiger partial charge in [-0.3, -0.25) is 4.79 Å². The predicted octanol–water partition coefficient (Wildman–Crippen LogP) is 3.45. The Morgan fingerprint density at radius 3 is 1.52 bits per heavy atom. The number of ether oxygens (including phenoxy) is 8. The van der Waals surface area contributed by atoms with E-state index >= 15 is 0 Å². The highest BCUT2D eigenvalue weighted by atomic mass is 16.7. The molecule has 0 aromatic heterocycles. The van der Waals surface area contributed by atoms with Crippen molar-refractivity contribution in [3.63, 3.8) is 0 Å². The quantitative estimate of drug-likeness (QED) is 0.643. The lowest BCUT2D eigenvalue weighted by Gasteiger charge is -2.36. The third kappa shape index (κ3) is 2.88. The smallest absolute Gasteiger partial charge is 0.266 e. The average Bonchev–Trinajstić information content (AvgIpc) is 3.21. The largest absolute Gasteiger partial charge is 0.492 e. The fourth-order valence-electron chi connectivity index (χ4n) is 4.84. The highest BCUT2D eigenvalue weighted by Gasteiger charge is 2.57. The second-order valence-corrected chi connectivity index (χ2v) is 7.68. The number of benzene rings is 2. The van der Waals surface area contributed by atoms with Crippen molar-refractivity contribution in [2.75, 3.05) is 42.7 Å². The number of Topliss-reactive ketones (excluding diaryl/α,β-unsaturated/α-hetero) is 1. The summed E-state index contributed by atoms with van der Waals surface area (Å²) in [7, 11) is 9.07. The van der Waals surface area contributed by atoms with E-state index in [2.05, 4.69) is 0 Å². The van der Waals surface area contributed by atoms with Crippen LogP contribution in [0.4, 0.5) is 0 Å². The second kappa shape index (κ2) is 8.31. The molecule has 9 heteroatoms. The molecule has 0 fully saturated rings. The van der Waals surface area contributed by atoms with Crippen LogP contribution in [0.2, 0.25) is 0 Å². The molecule has 2 aliphatic heterocycles. The summed E-state index contributed by atoms with van der Waals surface area (Å²) in [4.78, 5) is 14.2. The zero-order chi connectivity index (χ0) is 24.1. The lowest BCUT2D eigenvalue weighted by atomic mass is 9.85. The fraction of sp³-hybridized carbons (Fsp3) is 0.458. The molecule has 2 aromatic rings. The second-order valence-electron chi connectivity index (χ2n) is 7.68. The molecule has 0 saturated heterocycles. The first kappa shape index (κ1) is 23.0. The van der Waals surface area contributed by atoms with Gasteiger partial charge in [-0.05, 0) is 25.0 Å². The standard InChI is InChI=1S/C24H28O9/c1-11-13-9-32-24(23(25)15(13)19(28-5)21(30-7)17(11)26-3)16-14(10-33-24)12(2)18(27-4)22(31-8)20(16)29-6/h9-10H2,1-8H3/t24-/m1/s1. The minimum absolute atomic E-state index is 0.0829. The molecule has 33 heavy (non-hydrogen) atoms. The maximum absolute atomic E-state index is 14.2. The molecule has 0 amide bonds. The lowest BCUT2D eigenvalue weighted by molar-refractivity contribution is -0.213.